The summed E-state index contributed by atoms with van der Waals surface area (Å²) in [5.74, 6) is -4.68. The summed E-state index contributed by atoms with van der Waals surface area (Å²) in [6.07, 6.45) is 0.594. The van der Waals surface area contributed by atoms with Gasteiger partial charge in [0, 0.05) is 33.3 Å². The molecule has 43 heavy (non-hydrogen) atoms. The molecule has 0 heterocycles. The molecular weight excluding hydrogens is 576 g/mol. The maximum Gasteiger partial charge on any atom is 0.330 e. The highest BCUT2D eigenvalue weighted by molar-refractivity contribution is 5.86. The highest BCUT2D eigenvalue weighted by atomic mass is 16.4. The Labute approximate surface area is 252 Å². The summed E-state index contributed by atoms with van der Waals surface area (Å²) in [4.78, 5) is 48.0. The maximum atomic E-state index is 9.60. The van der Waals surface area contributed by atoms with Gasteiger partial charge < -0.3 is 51.1 Å². The van der Waals surface area contributed by atoms with Crippen molar-refractivity contribution in [3.05, 3.63) is 60.8 Å². The van der Waals surface area contributed by atoms with Crippen LogP contribution in [0.1, 0.15) is 48.0 Å². The standard InChI is InChI=1S/C6H14O3.5C4H6O2.C2H6O2/c1-2-6(3-7,4-8)5-9;5*1-3(2)4(5)6;3-1-2-4/h7-9H,2-5H2,1H3;5*1H2,2H3,(H,5,6);3-4H,1-2H2. The van der Waals surface area contributed by atoms with Crippen molar-refractivity contribution in [2.75, 3.05) is 33.0 Å². The van der Waals surface area contributed by atoms with E-state index < -0.39 is 35.3 Å². The molecule has 0 aliphatic carbocycles. The van der Waals surface area contributed by atoms with Crippen molar-refractivity contribution in [3.8, 4) is 0 Å². The van der Waals surface area contributed by atoms with Crippen LogP contribution in [-0.4, -0.2) is 114 Å². The summed E-state index contributed by atoms with van der Waals surface area (Å²) in [5, 5.41) is 80.7. The minimum absolute atomic E-state index is 0.125. The minimum Gasteiger partial charge on any atom is -0.478 e. The van der Waals surface area contributed by atoms with Gasteiger partial charge in [0.25, 0.3) is 0 Å². The lowest BCUT2D eigenvalue weighted by Gasteiger charge is -2.24. The highest BCUT2D eigenvalue weighted by Gasteiger charge is 2.24. The van der Waals surface area contributed by atoms with Gasteiger partial charge in [-0.3, -0.25) is 0 Å². The number of hydrogen-bond acceptors (Lipinski definition) is 10. The number of aliphatic hydroxyl groups excluding tert-OH is 5. The zero-order chi connectivity index (χ0) is 36.5. The average Bonchev–Trinajstić information content (AvgIpc) is 2.92. The fourth-order valence-corrected chi connectivity index (χ4v) is 0.485. The molecule has 15 heteroatoms. The summed E-state index contributed by atoms with van der Waals surface area (Å²) in [6.45, 7) is 24.1. The van der Waals surface area contributed by atoms with Gasteiger partial charge in [-0.15, -0.1) is 0 Å². The largest absolute Gasteiger partial charge is 0.478 e. The zero-order valence-electron chi connectivity index (χ0n) is 25.8. The molecule has 15 nitrogen and oxygen atoms in total. The number of aliphatic hydroxyl groups is 5. The Morgan fingerprint density at radius 2 is 0.558 bits per heavy atom. The molecule has 252 valence electrons. The maximum absolute atomic E-state index is 9.60. The number of rotatable bonds is 10. The number of aliphatic carboxylic acids is 5. The molecule has 0 spiro atoms. The molecule has 0 aromatic carbocycles. The Hall–Kier alpha value is -4.15. The molecule has 0 radical (unpaired) electrons. The first-order valence-electron chi connectivity index (χ1n) is 11.9. The summed E-state index contributed by atoms with van der Waals surface area (Å²) < 4.78 is 0. The van der Waals surface area contributed by atoms with E-state index in [9.17, 15) is 24.0 Å². The molecule has 0 amide bonds. The van der Waals surface area contributed by atoms with E-state index in [4.69, 9.17) is 51.1 Å². The van der Waals surface area contributed by atoms with E-state index in [2.05, 4.69) is 32.9 Å². The quantitative estimate of drug-likeness (QED) is 0.154. The predicted molar refractivity (Wildman–Crippen MR) is 160 cm³/mol. The van der Waals surface area contributed by atoms with Crippen molar-refractivity contribution < 1.29 is 75.0 Å². The van der Waals surface area contributed by atoms with Crippen LogP contribution in [0.2, 0.25) is 0 Å². The smallest absolute Gasteiger partial charge is 0.330 e. The minimum atomic E-state index is -0.935. The van der Waals surface area contributed by atoms with E-state index in [1.54, 1.807) is 0 Å². The third-order valence-corrected chi connectivity index (χ3v) is 3.68. The van der Waals surface area contributed by atoms with Crippen LogP contribution in [-0.2, 0) is 24.0 Å². The monoisotopic (exact) mass is 626 g/mol. The number of carboxylic acid groups (broad SMARTS) is 5. The zero-order valence-corrected chi connectivity index (χ0v) is 25.8. The molecule has 0 saturated carbocycles. The second-order valence-corrected chi connectivity index (χ2v) is 8.20. The van der Waals surface area contributed by atoms with Crippen LogP contribution in [0.15, 0.2) is 60.8 Å². The lowest BCUT2D eigenvalue weighted by atomic mass is 9.88. The number of carboxylic acids is 5. The van der Waals surface area contributed by atoms with Crippen molar-refractivity contribution in [1.29, 1.82) is 0 Å². The van der Waals surface area contributed by atoms with E-state index in [1.165, 1.54) is 34.6 Å². The Bertz CT molecular complexity index is 664. The second kappa shape index (κ2) is 35.9. The molecule has 0 bridgehead atoms. The average molecular weight is 627 g/mol. The molecule has 0 atom stereocenters. The SMILES string of the molecule is C=C(C)C(=O)O.C=C(C)C(=O)O.C=C(C)C(=O)O.C=C(C)C(=O)O.C=C(C)C(=O)O.CCC(CO)(CO)CO.OCCO. The molecule has 0 fully saturated rings. The van der Waals surface area contributed by atoms with Crippen LogP contribution in [0.3, 0.4) is 0 Å². The van der Waals surface area contributed by atoms with Gasteiger partial charge in [0.2, 0.25) is 0 Å². The van der Waals surface area contributed by atoms with Crippen LogP contribution in [0.25, 0.3) is 0 Å². The van der Waals surface area contributed by atoms with Gasteiger partial charge in [0.05, 0.1) is 33.0 Å². The van der Waals surface area contributed by atoms with Gasteiger partial charge in [-0.2, -0.15) is 0 Å². The van der Waals surface area contributed by atoms with Crippen molar-refractivity contribution >= 4 is 29.8 Å². The van der Waals surface area contributed by atoms with E-state index in [-0.39, 0.29) is 60.9 Å². The van der Waals surface area contributed by atoms with E-state index in [0.717, 1.165) is 0 Å². The lowest BCUT2D eigenvalue weighted by molar-refractivity contribution is -0.133. The van der Waals surface area contributed by atoms with E-state index in [0.29, 0.717) is 6.42 Å². The highest BCUT2D eigenvalue weighted by Crippen LogP contribution is 2.18. The Kier molecular flexibility index (Phi) is 45.8. The molecule has 0 aromatic rings. The summed E-state index contributed by atoms with van der Waals surface area (Å²) >= 11 is 0. The van der Waals surface area contributed by atoms with Crippen LogP contribution in [0.5, 0.6) is 0 Å². The Morgan fingerprint density at radius 3 is 0.558 bits per heavy atom. The molecule has 10 N–H and O–H groups in total. The van der Waals surface area contributed by atoms with Crippen LogP contribution >= 0.6 is 0 Å². The van der Waals surface area contributed by atoms with Gasteiger partial charge in [-0.1, -0.05) is 39.8 Å². The van der Waals surface area contributed by atoms with Gasteiger partial charge in [0.1, 0.15) is 0 Å². The number of carbonyl (C=O) groups is 5. The van der Waals surface area contributed by atoms with Gasteiger partial charge in [-0.05, 0) is 41.0 Å². The topological polar surface area (TPSA) is 288 Å². The van der Waals surface area contributed by atoms with Crippen LogP contribution < -0.4 is 0 Å². The van der Waals surface area contributed by atoms with E-state index >= 15 is 0 Å². The van der Waals surface area contributed by atoms with E-state index in [1.807, 2.05) is 6.92 Å². The third-order valence-electron chi connectivity index (χ3n) is 3.68. The first kappa shape index (κ1) is 54.9. The van der Waals surface area contributed by atoms with Gasteiger partial charge in [-0.25, -0.2) is 24.0 Å². The summed E-state index contributed by atoms with van der Waals surface area (Å²) in [7, 11) is 0. The first-order chi connectivity index (χ1) is 19.4. The second-order valence-electron chi connectivity index (χ2n) is 8.20. The lowest BCUT2D eigenvalue weighted by Crippen LogP contribution is -2.32. The van der Waals surface area contributed by atoms with Gasteiger partial charge >= 0.3 is 29.8 Å². The molecular formula is C28H50O15. The first-order valence-corrected chi connectivity index (χ1v) is 11.9. The normalized spacial score (nSPS) is 8.44. The molecule has 0 unspecified atom stereocenters. The fraction of sp³-hybridized carbons (Fsp3) is 0.464. The molecule has 0 aromatic heterocycles. The predicted octanol–water partition coefficient (Wildman–Crippen LogP) is 1.57. The fourth-order valence-electron chi connectivity index (χ4n) is 0.485. The molecule has 0 rings (SSSR count). The van der Waals surface area contributed by atoms with Crippen molar-refractivity contribution in [1.82, 2.24) is 0 Å². The van der Waals surface area contributed by atoms with Crippen molar-refractivity contribution in [2.24, 2.45) is 5.41 Å². The Balaban J connectivity index is -0.0000000711. The van der Waals surface area contributed by atoms with Crippen molar-refractivity contribution in [3.63, 3.8) is 0 Å². The van der Waals surface area contributed by atoms with Gasteiger partial charge in [0.15, 0.2) is 0 Å². The summed E-state index contributed by atoms with van der Waals surface area (Å²) in [6, 6.07) is 0. The van der Waals surface area contributed by atoms with Crippen molar-refractivity contribution in [2.45, 2.75) is 48.0 Å². The molecule has 0 aliphatic heterocycles. The molecule has 0 saturated heterocycles. The Morgan fingerprint density at radius 1 is 0.442 bits per heavy atom. The third kappa shape index (κ3) is 58.4. The van der Waals surface area contributed by atoms with Crippen LogP contribution in [0, 0.1) is 5.41 Å². The molecule has 0 aliphatic rings. The number of hydrogen-bond donors (Lipinski definition) is 10. The van der Waals surface area contributed by atoms with Crippen LogP contribution in [0.4, 0.5) is 0 Å². The summed E-state index contributed by atoms with van der Waals surface area (Å²) in [5.41, 5.74) is 0.213.